The van der Waals surface area contributed by atoms with E-state index in [1.54, 1.807) is 11.3 Å². The first-order valence-electron chi connectivity index (χ1n) is 9.35. The molecule has 0 saturated carbocycles. The summed E-state index contributed by atoms with van der Waals surface area (Å²) >= 11 is 2.81. The Hall–Kier alpha value is -2.33. The highest BCUT2D eigenvalue weighted by Crippen LogP contribution is 2.35. The van der Waals surface area contributed by atoms with Crippen LogP contribution in [0.3, 0.4) is 0 Å². The number of benzene rings is 1. The summed E-state index contributed by atoms with van der Waals surface area (Å²) in [5.41, 5.74) is 1.13. The Kier molecular flexibility index (Phi) is 6.87. The second-order valence-corrected chi connectivity index (χ2v) is 8.49. The number of aryl methyl sites for hydroxylation is 1. The van der Waals surface area contributed by atoms with E-state index in [9.17, 15) is 18.0 Å². The van der Waals surface area contributed by atoms with Crippen LogP contribution in [0.25, 0.3) is 11.4 Å². The maximum absolute atomic E-state index is 13.1. The van der Waals surface area contributed by atoms with Gasteiger partial charge in [0.05, 0.1) is 17.0 Å². The first kappa shape index (κ1) is 22.4. The molecule has 0 aliphatic heterocycles. The number of carbonyl (C=O) groups is 1. The SMILES string of the molecule is CCc1c(-c2nnc(SCC(=O)Nc3ccccc3C(F)(F)F)n2CC)csc1C. The molecule has 0 aliphatic carbocycles. The van der Waals surface area contributed by atoms with E-state index in [0.717, 1.165) is 35.6 Å². The van der Waals surface area contributed by atoms with E-state index in [1.807, 2.05) is 11.5 Å². The molecule has 3 aromatic rings. The van der Waals surface area contributed by atoms with Crippen molar-refractivity contribution in [1.29, 1.82) is 0 Å². The number of hydrogen-bond donors (Lipinski definition) is 1. The molecule has 0 spiro atoms. The molecule has 1 aromatic carbocycles. The average Bonchev–Trinajstić information content (AvgIpc) is 3.28. The van der Waals surface area contributed by atoms with Crippen molar-refractivity contribution in [3.63, 3.8) is 0 Å². The molecular weight excluding hydrogens is 433 g/mol. The van der Waals surface area contributed by atoms with Gasteiger partial charge in [0.15, 0.2) is 11.0 Å². The zero-order valence-corrected chi connectivity index (χ0v) is 18.3. The number of aromatic nitrogens is 3. The van der Waals surface area contributed by atoms with Crippen LogP contribution in [-0.2, 0) is 23.9 Å². The minimum Gasteiger partial charge on any atom is -0.325 e. The molecule has 10 heteroatoms. The third-order valence-corrected chi connectivity index (χ3v) is 6.49. The van der Waals surface area contributed by atoms with Crippen molar-refractivity contribution in [2.45, 2.75) is 45.1 Å². The molecule has 0 atom stereocenters. The lowest BCUT2D eigenvalue weighted by atomic mass is 10.1. The van der Waals surface area contributed by atoms with Crippen molar-refractivity contribution in [3.8, 4) is 11.4 Å². The molecule has 0 saturated heterocycles. The molecule has 160 valence electrons. The molecule has 5 nitrogen and oxygen atoms in total. The van der Waals surface area contributed by atoms with E-state index in [4.69, 9.17) is 0 Å². The molecule has 0 unspecified atom stereocenters. The molecule has 0 radical (unpaired) electrons. The number of nitrogens with zero attached hydrogens (tertiary/aromatic N) is 3. The summed E-state index contributed by atoms with van der Waals surface area (Å²) in [4.78, 5) is 13.5. The summed E-state index contributed by atoms with van der Waals surface area (Å²) in [7, 11) is 0. The van der Waals surface area contributed by atoms with Crippen LogP contribution in [0.2, 0.25) is 0 Å². The Morgan fingerprint density at radius 1 is 1.23 bits per heavy atom. The summed E-state index contributed by atoms with van der Waals surface area (Å²) in [5, 5.41) is 13.5. The average molecular weight is 455 g/mol. The van der Waals surface area contributed by atoms with E-state index >= 15 is 0 Å². The fourth-order valence-corrected chi connectivity index (χ4v) is 4.88. The maximum Gasteiger partial charge on any atom is 0.418 e. The van der Waals surface area contributed by atoms with Crippen LogP contribution in [0.1, 0.15) is 29.9 Å². The van der Waals surface area contributed by atoms with Gasteiger partial charge in [-0.15, -0.1) is 21.5 Å². The largest absolute Gasteiger partial charge is 0.418 e. The lowest BCUT2D eigenvalue weighted by Crippen LogP contribution is -2.18. The molecule has 0 bridgehead atoms. The Balaban J connectivity index is 1.74. The van der Waals surface area contributed by atoms with Gasteiger partial charge < -0.3 is 9.88 Å². The van der Waals surface area contributed by atoms with E-state index < -0.39 is 17.6 Å². The fraction of sp³-hybridized carbons (Fsp3) is 0.350. The van der Waals surface area contributed by atoms with Crippen molar-refractivity contribution in [2.75, 3.05) is 11.1 Å². The zero-order chi connectivity index (χ0) is 21.9. The van der Waals surface area contributed by atoms with Crippen LogP contribution in [0.5, 0.6) is 0 Å². The molecule has 1 N–H and O–H groups in total. The second kappa shape index (κ2) is 9.22. The van der Waals surface area contributed by atoms with Crippen molar-refractivity contribution in [3.05, 3.63) is 45.6 Å². The van der Waals surface area contributed by atoms with Gasteiger partial charge in [-0.05, 0) is 38.0 Å². The van der Waals surface area contributed by atoms with E-state index in [2.05, 4.69) is 34.7 Å². The minimum atomic E-state index is -4.54. The third-order valence-electron chi connectivity index (χ3n) is 4.57. The number of para-hydroxylation sites is 1. The van der Waals surface area contributed by atoms with Gasteiger partial charge in [-0.25, -0.2) is 0 Å². The van der Waals surface area contributed by atoms with Crippen LogP contribution in [0, 0.1) is 6.92 Å². The van der Waals surface area contributed by atoms with Gasteiger partial charge in [-0.3, -0.25) is 4.79 Å². The topological polar surface area (TPSA) is 59.8 Å². The van der Waals surface area contributed by atoms with Crippen LogP contribution >= 0.6 is 23.1 Å². The molecular formula is C20H21F3N4OS2. The summed E-state index contributed by atoms with van der Waals surface area (Å²) in [6.07, 6.45) is -3.66. The lowest BCUT2D eigenvalue weighted by molar-refractivity contribution is -0.137. The third kappa shape index (κ3) is 4.70. The smallest absolute Gasteiger partial charge is 0.325 e. The quantitative estimate of drug-likeness (QED) is 0.469. The first-order valence-corrected chi connectivity index (χ1v) is 11.2. The predicted octanol–water partition coefficient (Wildman–Crippen LogP) is 5.65. The minimum absolute atomic E-state index is 0.0758. The van der Waals surface area contributed by atoms with E-state index in [0.29, 0.717) is 11.7 Å². The molecule has 1 amide bonds. The molecule has 0 fully saturated rings. The number of halogens is 3. The fourth-order valence-electron chi connectivity index (χ4n) is 3.14. The van der Waals surface area contributed by atoms with Crippen molar-refractivity contribution < 1.29 is 18.0 Å². The van der Waals surface area contributed by atoms with Crippen LogP contribution in [0.4, 0.5) is 18.9 Å². The van der Waals surface area contributed by atoms with Crippen LogP contribution < -0.4 is 5.32 Å². The number of hydrogen-bond acceptors (Lipinski definition) is 5. The number of carbonyl (C=O) groups excluding carboxylic acids is 1. The summed E-state index contributed by atoms with van der Waals surface area (Å²) in [6.45, 7) is 6.73. The highest BCUT2D eigenvalue weighted by molar-refractivity contribution is 7.99. The van der Waals surface area contributed by atoms with E-state index in [1.165, 1.54) is 28.6 Å². The summed E-state index contributed by atoms with van der Waals surface area (Å²) < 4.78 is 41.2. The Bertz CT molecular complexity index is 1040. The van der Waals surface area contributed by atoms with Gasteiger partial charge in [-0.2, -0.15) is 13.2 Å². The molecule has 2 aromatic heterocycles. The molecule has 2 heterocycles. The molecule has 0 aliphatic rings. The molecule has 30 heavy (non-hydrogen) atoms. The van der Waals surface area contributed by atoms with Crippen molar-refractivity contribution >= 4 is 34.7 Å². The number of nitrogens with one attached hydrogen (secondary N) is 1. The zero-order valence-electron chi connectivity index (χ0n) is 16.7. The first-order chi connectivity index (χ1) is 14.3. The highest BCUT2D eigenvalue weighted by Gasteiger charge is 2.33. The van der Waals surface area contributed by atoms with Crippen molar-refractivity contribution in [1.82, 2.24) is 14.8 Å². The standard InChI is InChI=1S/C20H21F3N4OS2/c1-4-13-12(3)29-10-14(13)18-25-26-19(27(18)5-2)30-11-17(28)24-16-9-7-6-8-15(16)20(21,22)23/h6-10H,4-5,11H2,1-3H3,(H,24,28). The van der Waals surface area contributed by atoms with Crippen molar-refractivity contribution in [2.24, 2.45) is 0 Å². The van der Waals surface area contributed by atoms with Gasteiger partial charge in [0.25, 0.3) is 0 Å². The number of amides is 1. The normalized spacial score (nSPS) is 11.7. The Labute approximate surface area is 180 Å². The maximum atomic E-state index is 13.1. The van der Waals surface area contributed by atoms with Gasteiger partial charge >= 0.3 is 6.18 Å². The number of thiophene rings is 1. The summed E-state index contributed by atoms with van der Waals surface area (Å²) in [6, 6.07) is 4.92. The van der Waals surface area contributed by atoms with Crippen LogP contribution in [0.15, 0.2) is 34.8 Å². The number of alkyl halides is 3. The number of anilines is 1. The van der Waals surface area contributed by atoms with Gasteiger partial charge in [-0.1, -0.05) is 30.8 Å². The molecule has 3 rings (SSSR count). The number of rotatable bonds is 7. The van der Waals surface area contributed by atoms with Crippen LogP contribution in [-0.4, -0.2) is 26.4 Å². The Morgan fingerprint density at radius 2 is 1.97 bits per heavy atom. The second-order valence-electron chi connectivity index (χ2n) is 6.47. The monoisotopic (exact) mass is 454 g/mol. The van der Waals surface area contributed by atoms with Gasteiger partial charge in [0.2, 0.25) is 5.91 Å². The highest BCUT2D eigenvalue weighted by atomic mass is 32.2. The lowest BCUT2D eigenvalue weighted by Gasteiger charge is -2.13. The van der Waals surface area contributed by atoms with Gasteiger partial charge in [0, 0.05) is 22.4 Å². The summed E-state index contributed by atoms with van der Waals surface area (Å²) in [5.74, 6) is 0.127. The number of thioether (sulfide) groups is 1. The predicted molar refractivity (Wildman–Crippen MR) is 114 cm³/mol. The van der Waals surface area contributed by atoms with Gasteiger partial charge in [0.1, 0.15) is 0 Å². The Morgan fingerprint density at radius 3 is 2.63 bits per heavy atom. The van der Waals surface area contributed by atoms with E-state index in [-0.39, 0.29) is 11.4 Å².